The molecular formula is C15H19ClN4S. The molecule has 2 fully saturated rings. The van der Waals surface area contributed by atoms with Crippen molar-refractivity contribution in [3.05, 3.63) is 17.2 Å². The van der Waals surface area contributed by atoms with Gasteiger partial charge < -0.3 is 4.90 Å². The van der Waals surface area contributed by atoms with E-state index in [0.29, 0.717) is 12.1 Å². The Morgan fingerprint density at radius 1 is 1.33 bits per heavy atom. The summed E-state index contributed by atoms with van der Waals surface area (Å²) in [6.07, 6.45) is 3.76. The number of anilines is 1. The minimum Gasteiger partial charge on any atom is -0.363 e. The number of hydrogen-bond donors (Lipinski definition) is 0. The molecule has 0 bridgehead atoms. The summed E-state index contributed by atoms with van der Waals surface area (Å²) < 4.78 is 8.87. The summed E-state index contributed by atoms with van der Waals surface area (Å²) in [6, 6.07) is 5.13. The number of fused-ring (bicyclic) bond motifs is 2. The fourth-order valence-corrected chi connectivity index (χ4v) is 4.60. The van der Waals surface area contributed by atoms with Gasteiger partial charge in [0.25, 0.3) is 0 Å². The van der Waals surface area contributed by atoms with Crippen LogP contribution in [0.1, 0.15) is 26.2 Å². The second-order valence-corrected chi connectivity index (χ2v) is 6.97. The highest BCUT2D eigenvalue weighted by Crippen LogP contribution is 2.38. The van der Waals surface area contributed by atoms with Gasteiger partial charge in [0.2, 0.25) is 0 Å². The standard InChI is InChI=1S/C15H19ClN4S/c1-2-10-8-19-7-3-4-11(19)9-20(10)15-12(16)5-6-13-14(15)18-21-17-13/h5-6,10-11H,2-4,7-9H2,1H3. The van der Waals surface area contributed by atoms with Gasteiger partial charge in [0.15, 0.2) is 0 Å². The van der Waals surface area contributed by atoms with Gasteiger partial charge in [-0.1, -0.05) is 18.5 Å². The lowest BCUT2D eigenvalue weighted by atomic mass is 10.0. The first kappa shape index (κ1) is 13.7. The van der Waals surface area contributed by atoms with Crippen molar-refractivity contribution >= 4 is 40.0 Å². The molecule has 0 aliphatic carbocycles. The van der Waals surface area contributed by atoms with Crippen LogP contribution in [0.15, 0.2) is 12.1 Å². The highest BCUT2D eigenvalue weighted by molar-refractivity contribution is 7.00. The molecule has 0 N–H and O–H groups in total. The van der Waals surface area contributed by atoms with E-state index < -0.39 is 0 Å². The first-order chi connectivity index (χ1) is 10.3. The van der Waals surface area contributed by atoms with E-state index in [1.807, 2.05) is 12.1 Å². The Hall–Kier alpha value is -0.910. The largest absolute Gasteiger partial charge is 0.363 e. The number of hydrogen-bond acceptors (Lipinski definition) is 5. The highest BCUT2D eigenvalue weighted by atomic mass is 35.5. The Labute approximate surface area is 134 Å². The van der Waals surface area contributed by atoms with Gasteiger partial charge >= 0.3 is 0 Å². The van der Waals surface area contributed by atoms with Crippen LogP contribution in [-0.2, 0) is 0 Å². The van der Waals surface area contributed by atoms with Crippen molar-refractivity contribution in [2.24, 2.45) is 0 Å². The first-order valence-corrected chi connectivity index (χ1v) is 8.80. The second kappa shape index (κ2) is 5.38. The number of benzene rings is 1. The van der Waals surface area contributed by atoms with Gasteiger partial charge in [0, 0.05) is 25.2 Å². The van der Waals surface area contributed by atoms with Crippen molar-refractivity contribution < 1.29 is 0 Å². The Balaban J connectivity index is 1.78. The van der Waals surface area contributed by atoms with Crippen molar-refractivity contribution in [2.75, 3.05) is 24.5 Å². The van der Waals surface area contributed by atoms with E-state index in [-0.39, 0.29) is 0 Å². The lowest BCUT2D eigenvalue weighted by molar-refractivity contribution is 0.195. The molecule has 2 aliphatic heterocycles. The summed E-state index contributed by atoms with van der Waals surface area (Å²) in [5.41, 5.74) is 3.03. The van der Waals surface area contributed by atoms with Crippen LogP contribution in [0.5, 0.6) is 0 Å². The smallest absolute Gasteiger partial charge is 0.129 e. The molecule has 2 saturated heterocycles. The van der Waals surface area contributed by atoms with E-state index in [2.05, 4.69) is 25.5 Å². The maximum atomic E-state index is 6.54. The zero-order valence-electron chi connectivity index (χ0n) is 12.1. The molecule has 6 heteroatoms. The number of rotatable bonds is 2. The van der Waals surface area contributed by atoms with Crippen molar-refractivity contribution in [1.82, 2.24) is 13.6 Å². The molecule has 1 aromatic heterocycles. The van der Waals surface area contributed by atoms with Crippen LogP contribution >= 0.6 is 23.3 Å². The van der Waals surface area contributed by atoms with Crippen LogP contribution < -0.4 is 4.90 Å². The van der Waals surface area contributed by atoms with E-state index in [4.69, 9.17) is 11.6 Å². The molecule has 4 rings (SSSR count). The number of aromatic nitrogens is 2. The lowest BCUT2D eigenvalue weighted by Crippen LogP contribution is -2.56. The van der Waals surface area contributed by atoms with E-state index in [0.717, 1.165) is 41.3 Å². The van der Waals surface area contributed by atoms with Crippen molar-refractivity contribution in [3.63, 3.8) is 0 Å². The van der Waals surface area contributed by atoms with Crippen molar-refractivity contribution in [3.8, 4) is 0 Å². The van der Waals surface area contributed by atoms with Gasteiger partial charge in [-0.2, -0.15) is 8.75 Å². The fraction of sp³-hybridized carbons (Fsp3) is 0.600. The molecule has 2 aromatic rings. The molecule has 2 aliphatic rings. The number of nitrogens with zero attached hydrogens (tertiary/aromatic N) is 4. The summed E-state index contributed by atoms with van der Waals surface area (Å²) in [6.45, 7) is 5.73. The zero-order chi connectivity index (χ0) is 14.4. The minimum absolute atomic E-state index is 0.518. The quantitative estimate of drug-likeness (QED) is 0.848. The van der Waals surface area contributed by atoms with E-state index in [1.165, 1.54) is 31.1 Å². The van der Waals surface area contributed by atoms with Crippen LogP contribution in [-0.4, -0.2) is 45.4 Å². The average molecular weight is 323 g/mol. The van der Waals surface area contributed by atoms with Gasteiger partial charge in [-0.25, -0.2) is 0 Å². The van der Waals surface area contributed by atoms with Crippen molar-refractivity contribution in [2.45, 2.75) is 38.3 Å². The first-order valence-electron chi connectivity index (χ1n) is 7.69. The van der Waals surface area contributed by atoms with Gasteiger partial charge in [0.05, 0.1) is 22.4 Å². The Morgan fingerprint density at radius 2 is 2.24 bits per heavy atom. The van der Waals surface area contributed by atoms with E-state index >= 15 is 0 Å². The summed E-state index contributed by atoms with van der Waals surface area (Å²) in [5.74, 6) is 0. The van der Waals surface area contributed by atoms with Crippen LogP contribution in [0, 0.1) is 0 Å². The molecule has 0 radical (unpaired) electrons. The zero-order valence-corrected chi connectivity index (χ0v) is 13.7. The van der Waals surface area contributed by atoms with Crippen LogP contribution in [0.2, 0.25) is 5.02 Å². The average Bonchev–Trinajstić information content (AvgIpc) is 3.13. The van der Waals surface area contributed by atoms with Gasteiger partial charge in [-0.15, -0.1) is 0 Å². The van der Waals surface area contributed by atoms with Crippen LogP contribution in [0.4, 0.5) is 5.69 Å². The molecular weight excluding hydrogens is 304 g/mol. The molecule has 2 atom stereocenters. The Bertz CT molecular complexity index is 658. The van der Waals surface area contributed by atoms with E-state index in [9.17, 15) is 0 Å². The summed E-state index contributed by atoms with van der Waals surface area (Å²) in [7, 11) is 0. The minimum atomic E-state index is 0.518. The highest BCUT2D eigenvalue weighted by Gasteiger charge is 2.37. The molecule has 0 amide bonds. The van der Waals surface area contributed by atoms with E-state index in [1.54, 1.807) is 0 Å². The number of halogens is 1. The fourth-order valence-electron chi connectivity index (χ4n) is 3.80. The van der Waals surface area contributed by atoms with Crippen molar-refractivity contribution in [1.29, 1.82) is 0 Å². The Kier molecular flexibility index (Phi) is 3.52. The monoisotopic (exact) mass is 322 g/mol. The van der Waals surface area contributed by atoms with Gasteiger partial charge in [0.1, 0.15) is 11.0 Å². The molecule has 3 heterocycles. The number of piperazine rings is 1. The predicted molar refractivity (Wildman–Crippen MR) is 88.4 cm³/mol. The topological polar surface area (TPSA) is 32.3 Å². The Morgan fingerprint density at radius 3 is 3.10 bits per heavy atom. The summed E-state index contributed by atoms with van der Waals surface area (Å²) >= 11 is 7.81. The maximum absolute atomic E-state index is 6.54. The molecule has 112 valence electrons. The predicted octanol–water partition coefficient (Wildman–Crippen LogP) is 3.41. The molecule has 0 spiro atoms. The molecule has 21 heavy (non-hydrogen) atoms. The molecule has 0 saturated carbocycles. The molecule has 2 unspecified atom stereocenters. The van der Waals surface area contributed by atoms with Crippen LogP contribution in [0.3, 0.4) is 0 Å². The van der Waals surface area contributed by atoms with Crippen LogP contribution in [0.25, 0.3) is 11.0 Å². The lowest BCUT2D eigenvalue weighted by Gasteiger charge is -2.45. The maximum Gasteiger partial charge on any atom is 0.129 e. The van der Waals surface area contributed by atoms with Gasteiger partial charge in [-0.05, 0) is 37.9 Å². The summed E-state index contributed by atoms with van der Waals surface area (Å²) in [5, 5.41) is 0.806. The third-order valence-corrected chi connectivity index (χ3v) is 5.75. The third kappa shape index (κ3) is 2.22. The normalized spacial score (nSPS) is 26.5. The second-order valence-electron chi connectivity index (χ2n) is 6.03. The third-order valence-electron chi connectivity index (χ3n) is 4.90. The summed E-state index contributed by atoms with van der Waals surface area (Å²) in [4.78, 5) is 5.15. The van der Waals surface area contributed by atoms with Gasteiger partial charge in [-0.3, -0.25) is 4.90 Å². The molecule has 1 aromatic carbocycles. The SMILES string of the molecule is CCC1CN2CCCC2CN1c1c(Cl)ccc2nsnc12. The molecule has 4 nitrogen and oxygen atoms in total.